The Balaban J connectivity index is 1.17. The van der Waals surface area contributed by atoms with Gasteiger partial charge in [0, 0.05) is 26.7 Å². The number of carbonyl (C=O) groups excluding carboxylic acids is 2. The smallest absolute Gasteiger partial charge is 0.273 e. The molecule has 6 rings (SSSR count). The number of hydrogen-bond acceptors (Lipinski definition) is 5. The van der Waals surface area contributed by atoms with Crippen molar-refractivity contribution in [3.05, 3.63) is 11.9 Å². The van der Waals surface area contributed by atoms with Crippen molar-refractivity contribution in [1.29, 1.82) is 0 Å². The largest absolute Gasteiger partial charge is 0.383 e. The second-order valence-corrected chi connectivity index (χ2v) is 10.1. The maximum Gasteiger partial charge on any atom is 0.273 e. The van der Waals surface area contributed by atoms with Crippen LogP contribution in [0.2, 0.25) is 0 Å². The zero-order valence-corrected chi connectivity index (χ0v) is 17.9. The van der Waals surface area contributed by atoms with Gasteiger partial charge in [-0.3, -0.25) is 9.59 Å². The van der Waals surface area contributed by atoms with Gasteiger partial charge in [-0.05, 0) is 69.1 Å². The van der Waals surface area contributed by atoms with Crippen LogP contribution in [0.3, 0.4) is 0 Å². The Labute approximate surface area is 177 Å². The Kier molecular flexibility index (Phi) is 5.29. The molecule has 2 heterocycles. The van der Waals surface area contributed by atoms with Gasteiger partial charge < -0.3 is 15.0 Å². The average Bonchev–Trinajstić information content (AvgIpc) is 3.23. The van der Waals surface area contributed by atoms with Crippen molar-refractivity contribution in [2.75, 3.05) is 33.4 Å². The normalized spacial score (nSPS) is 33.1. The van der Waals surface area contributed by atoms with Crippen molar-refractivity contribution in [3.8, 4) is 0 Å². The van der Waals surface area contributed by atoms with Crippen molar-refractivity contribution >= 4 is 11.8 Å². The molecule has 8 heteroatoms. The molecule has 1 aromatic rings. The molecule has 0 radical (unpaired) electrons. The summed E-state index contributed by atoms with van der Waals surface area (Å²) in [6.45, 7) is 2.48. The molecule has 5 fully saturated rings. The Morgan fingerprint density at radius 2 is 1.77 bits per heavy atom. The van der Waals surface area contributed by atoms with E-state index in [1.807, 2.05) is 0 Å². The molecule has 0 atom stereocenters. The molecule has 2 amide bonds. The number of methoxy groups -OCH3 is 1. The van der Waals surface area contributed by atoms with Crippen LogP contribution in [0.5, 0.6) is 0 Å². The number of likely N-dealkylation sites (tertiary alicyclic amines) is 1. The first kappa shape index (κ1) is 20.0. The highest BCUT2D eigenvalue weighted by atomic mass is 16.5. The van der Waals surface area contributed by atoms with Crippen molar-refractivity contribution in [2.45, 2.75) is 57.4 Å². The zero-order valence-electron chi connectivity index (χ0n) is 17.9. The van der Waals surface area contributed by atoms with Gasteiger partial charge in [0.2, 0.25) is 5.91 Å². The van der Waals surface area contributed by atoms with Crippen LogP contribution in [0.15, 0.2) is 6.20 Å². The molecule has 5 aliphatic rings. The highest BCUT2D eigenvalue weighted by Gasteiger charge is 2.55. The summed E-state index contributed by atoms with van der Waals surface area (Å²) in [5.41, 5.74) is 0.278. The van der Waals surface area contributed by atoms with Crippen LogP contribution in [-0.2, 0) is 9.53 Å². The summed E-state index contributed by atoms with van der Waals surface area (Å²) < 4.78 is 6.75. The molecule has 30 heavy (non-hydrogen) atoms. The van der Waals surface area contributed by atoms with Gasteiger partial charge in [-0.2, -0.15) is 0 Å². The van der Waals surface area contributed by atoms with Crippen LogP contribution in [0.4, 0.5) is 0 Å². The molecular formula is C22H33N5O3. The predicted molar refractivity (Wildman–Crippen MR) is 110 cm³/mol. The number of aromatic nitrogens is 3. The summed E-state index contributed by atoms with van der Waals surface area (Å²) in [4.78, 5) is 27.8. The number of carbonyl (C=O) groups is 2. The van der Waals surface area contributed by atoms with E-state index in [1.54, 1.807) is 18.0 Å². The monoisotopic (exact) mass is 415 g/mol. The molecular weight excluding hydrogens is 382 g/mol. The molecule has 4 bridgehead atoms. The number of nitrogens with one attached hydrogen (secondary N) is 1. The molecule has 0 aromatic carbocycles. The highest BCUT2D eigenvalue weighted by molar-refractivity contribution is 5.91. The van der Waals surface area contributed by atoms with Crippen molar-refractivity contribution in [2.24, 2.45) is 23.2 Å². The number of rotatable bonds is 6. The van der Waals surface area contributed by atoms with Crippen molar-refractivity contribution in [1.82, 2.24) is 25.2 Å². The summed E-state index contributed by atoms with van der Waals surface area (Å²) in [6.07, 6.45) is 10.9. The third-order valence-corrected chi connectivity index (χ3v) is 7.95. The van der Waals surface area contributed by atoms with Gasteiger partial charge in [0.1, 0.15) is 0 Å². The minimum Gasteiger partial charge on any atom is -0.383 e. The Morgan fingerprint density at radius 3 is 2.37 bits per heavy atom. The lowest BCUT2D eigenvalue weighted by Gasteiger charge is -2.57. The number of amides is 2. The maximum absolute atomic E-state index is 13.5. The number of hydrogen-bond donors (Lipinski definition) is 1. The molecule has 0 unspecified atom stereocenters. The minimum atomic E-state index is -0.229. The second kappa shape index (κ2) is 7.94. The van der Waals surface area contributed by atoms with Gasteiger partial charge in [-0.1, -0.05) is 5.21 Å². The van der Waals surface area contributed by atoms with E-state index in [0.717, 1.165) is 62.9 Å². The molecule has 4 saturated carbocycles. The van der Waals surface area contributed by atoms with Gasteiger partial charge in [0.05, 0.1) is 24.3 Å². The quantitative estimate of drug-likeness (QED) is 0.718. The van der Waals surface area contributed by atoms with Crippen LogP contribution in [-0.4, -0.2) is 65.1 Å². The van der Waals surface area contributed by atoms with E-state index in [-0.39, 0.29) is 17.4 Å². The zero-order chi connectivity index (χ0) is 20.7. The highest BCUT2D eigenvalue weighted by Crippen LogP contribution is 2.60. The fourth-order valence-electron chi connectivity index (χ4n) is 6.96. The summed E-state index contributed by atoms with van der Waals surface area (Å²) in [5, 5.41) is 11.0. The first-order chi connectivity index (χ1) is 14.6. The number of piperidine rings is 1. The summed E-state index contributed by atoms with van der Waals surface area (Å²) in [7, 11) is 1.60. The molecule has 1 saturated heterocycles. The van der Waals surface area contributed by atoms with E-state index >= 15 is 0 Å². The molecule has 0 spiro atoms. The molecule has 1 N–H and O–H groups in total. The minimum absolute atomic E-state index is 0.0533. The lowest BCUT2D eigenvalue weighted by atomic mass is 9.49. The third kappa shape index (κ3) is 3.63. The van der Waals surface area contributed by atoms with Crippen LogP contribution in [0.25, 0.3) is 0 Å². The van der Waals surface area contributed by atoms with E-state index in [2.05, 4.69) is 20.5 Å². The van der Waals surface area contributed by atoms with E-state index in [4.69, 9.17) is 4.74 Å². The lowest BCUT2D eigenvalue weighted by Crippen LogP contribution is -2.55. The first-order valence-corrected chi connectivity index (χ1v) is 11.5. The van der Waals surface area contributed by atoms with Crippen LogP contribution in [0.1, 0.15) is 67.9 Å². The molecule has 4 aliphatic carbocycles. The van der Waals surface area contributed by atoms with Crippen LogP contribution < -0.4 is 5.32 Å². The van der Waals surface area contributed by atoms with Crippen molar-refractivity contribution < 1.29 is 14.3 Å². The van der Waals surface area contributed by atoms with Gasteiger partial charge in [-0.25, -0.2) is 4.68 Å². The molecule has 1 aromatic heterocycles. The summed E-state index contributed by atoms with van der Waals surface area (Å²) >= 11 is 0. The fraction of sp³-hybridized carbons (Fsp3) is 0.818. The van der Waals surface area contributed by atoms with Gasteiger partial charge >= 0.3 is 0 Å². The summed E-state index contributed by atoms with van der Waals surface area (Å²) in [5.74, 6) is 2.58. The van der Waals surface area contributed by atoms with E-state index in [9.17, 15) is 9.59 Å². The van der Waals surface area contributed by atoms with E-state index in [1.165, 1.54) is 19.3 Å². The predicted octanol–water partition coefficient (Wildman–Crippen LogP) is 2.03. The Morgan fingerprint density at radius 1 is 1.13 bits per heavy atom. The molecule has 1 aliphatic heterocycles. The topological polar surface area (TPSA) is 89.4 Å². The lowest BCUT2D eigenvalue weighted by molar-refractivity contribution is -0.159. The third-order valence-electron chi connectivity index (χ3n) is 7.95. The van der Waals surface area contributed by atoms with E-state index < -0.39 is 0 Å². The number of ether oxygens (including phenoxy) is 1. The Bertz CT molecular complexity index is 763. The van der Waals surface area contributed by atoms with Crippen LogP contribution >= 0.6 is 0 Å². The Hall–Kier alpha value is -1.96. The molecule has 164 valence electrons. The second-order valence-electron chi connectivity index (χ2n) is 10.1. The fourth-order valence-corrected chi connectivity index (χ4v) is 6.96. The maximum atomic E-state index is 13.5. The van der Waals surface area contributed by atoms with Gasteiger partial charge in [-0.15, -0.1) is 5.10 Å². The van der Waals surface area contributed by atoms with Gasteiger partial charge in [0.25, 0.3) is 5.91 Å². The SMILES string of the molecule is COCCNC(=O)c1cn(C2CCN(C(=O)C34CC5CC(CC(C5)C3)C4)CC2)nn1. The molecule has 8 nitrogen and oxygen atoms in total. The van der Waals surface area contributed by atoms with E-state index in [0.29, 0.717) is 24.8 Å². The number of nitrogens with zero attached hydrogens (tertiary/aromatic N) is 4. The average molecular weight is 416 g/mol. The van der Waals surface area contributed by atoms with Gasteiger partial charge in [0.15, 0.2) is 5.69 Å². The van der Waals surface area contributed by atoms with Crippen LogP contribution in [0, 0.1) is 23.2 Å². The first-order valence-electron chi connectivity index (χ1n) is 11.5. The summed E-state index contributed by atoms with van der Waals surface area (Å²) in [6, 6.07) is 0.193. The van der Waals surface area contributed by atoms with Crippen molar-refractivity contribution in [3.63, 3.8) is 0 Å². The standard InChI is InChI=1S/C22H33N5O3/c1-30-7-4-23-20(28)19-14-27(25-24-19)18-2-5-26(6-3-18)21(29)22-11-15-8-16(12-22)10-17(9-15)13-22/h14-18H,2-13H2,1H3,(H,23,28).